The average molecular weight is 157 g/mol. The monoisotopic (exact) mass is 157 g/mol. The Hall–Kier alpha value is -0.830. The molecule has 0 saturated carbocycles. The minimum absolute atomic E-state index is 0.263. The lowest BCUT2D eigenvalue weighted by molar-refractivity contribution is -0.118. The van der Waals surface area contributed by atoms with Crippen LogP contribution in [0.5, 0.6) is 0 Å². The number of carbonyl (C=O) groups is 1. The van der Waals surface area contributed by atoms with Crippen molar-refractivity contribution in [2.45, 2.75) is 20.3 Å². The molecule has 0 bridgehead atoms. The van der Waals surface area contributed by atoms with Crippen LogP contribution in [0, 0.1) is 5.92 Å². The zero-order chi connectivity index (χ0) is 8.85. The lowest BCUT2D eigenvalue weighted by Crippen LogP contribution is -2.25. The predicted molar refractivity (Wildman–Crippen MR) is 43.8 cm³/mol. The SMILES string of the molecule is C=C(CC(C)C)C(=O)NCO. The van der Waals surface area contributed by atoms with E-state index in [0.717, 1.165) is 0 Å². The van der Waals surface area contributed by atoms with Crippen LogP contribution >= 0.6 is 0 Å². The maximum atomic E-state index is 10.9. The molecule has 0 aliphatic carbocycles. The summed E-state index contributed by atoms with van der Waals surface area (Å²) in [5.74, 6) is 0.160. The highest BCUT2D eigenvalue weighted by atomic mass is 16.3. The van der Waals surface area contributed by atoms with Gasteiger partial charge in [-0.2, -0.15) is 0 Å². The van der Waals surface area contributed by atoms with Gasteiger partial charge in [-0.15, -0.1) is 0 Å². The molecule has 0 aromatic heterocycles. The van der Waals surface area contributed by atoms with Crippen LogP contribution in [-0.4, -0.2) is 17.7 Å². The zero-order valence-electron chi connectivity index (χ0n) is 7.05. The van der Waals surface area contributed by atoms with Crippen LogP contribution in [0.4, 0.5) is 0 Å². The molecule has 2 N–H and O–H groups in total. The van der Waals surface area contributed by atoms with Gasteiger partial charge in [0.2, 0.25) is 5.91 Å². The summed E-state index contributed by atoms with van der Waals surface area (Å²) in [4.78, 5) is 10.9. The summed E-state index contributed by atoms with van der Waals surface area (Å²) in [5.41, 5.74) is 0.522. The number of rotatable bonds is 4. The quantitative estimate of drug-likeness (QED) is 0.465. The molecule has 3 nitrogen and oxygen atoms in total. The number of carbonyl (C=O) groups excluding carboxylic acids is 1. The molecule has 3 heteroatoms. The molecule has 0 unspecified atom stereocenters. The van der Waals surface area contributed by atoms with Crippen molar-refractivity contribution in [1.82, 2.24) is 5.32 Å². The Bertz CT molecular complexity index is 152. The third kappa shape index (κ3) is 4.56. The van der Waals surface area contributed by atoms with E-state index >= 15 is 0 Å². The van der Waals surface area contributed by atoms with E-state index in [-0.39, 0.29) is 12.6 Å². The molecular formula is C8H15NO2. The Kier molecular flexibility index (Phi) is 4.54. The first-order valence-corrected chi connectivity index (χ1v) is 3.64. The molecule has 0 radical (unpaired) electrons. The van der Waals surface area contributed by atoms with E-state index in [1.165, 1.54) is 0 Å². The Labute approximate surface area is 67.1 Å². The third-order valence-electron chi connectivity index (χ3n) is 1.22. The minimum Gasteiger partial charge on any atom is -0.376 e. The molecular weight excluding hydrogens is 142 g/mol. The number of aliphatic hydroxyl groups excluding tert-OH is 1. The van der Waals surface area contributed by atoms with Crippen molar-refractivity contribution in [2.24, 2.45) is 5.92 Å². The van der Waals surface area contributed by atoms with Gasteiger partial charge in [-0.1, -0.05) is 20.4 Å². The minimum atomic E-state index is -0.323. The fraction of sp³-hybridized carbons (Fsp3) is 0.625. The van der Waals surface area contributed by atoms with Crippen molar-refractivity contribution in [1.29, 1.82) is 0 Å². The molecule has 11 heavy (non-hydrogen) atoms. The molecule has 0 saturated heterocycles. The summed E-state index contributed by atoms with van der Waals surface area (Å²) in [7, 11) is 0. The topological polar surface area (TPSA) is 49.3 Å². The standard InChI is InChI=1S/C8H15NO2/c1-6(2)4-7(3)8(11)9-5-10/h6,10H,3-5H2,1-2H3,(H,9,11). The number of hydrogen-bond donors (Lipinski definition) is 2. The molecule has 64 valence electrons. The van der Waals surface area contributed by atoms with Gasteiger partial charge in [0, 0.05) is 5.57 Å². The van der Waals surface area contributed by atoms with Gasteiger partial charge in [-0.25, -0.2) is 0 Å². The van der Waals surface area contributed by atoms with Crippen molar-refractivity contribution in [3.8, 4) is 0 Å². The summed E-state index contributed by atoms with van der Waals surface area (Å²) in [6.45, 7) is 7.29. The van der Waals surface area contributed by atoms with Crippen LogP contribution in [0.1, 0.15) is 20.3 Å². The summed E-state index contributed by atoms with van der Waals surface area (Å²) in [6.07, 6.45) is 0.672. The Balaban J connectivity index is 3.74. The summed E-state index contributed by atoms with van der Waals surface area (Å²) in [6, 6.07) is 0. The molecule has 0 fully saturated rings. The van der Waals surface area contributed by atoms with Crippen LogP contribution in [0.25, 0.3) is 0 Å². The second-order valence-corrected chi connectivity index (χ2v) is 2.87. The number of amides is 1. The van der Waals surface area contributed by atoms with Crippen LogP contribution in [0.2, 0.25) is 0 Å². The first-order chi connectivity index (χ1) is 5.07. The molecule has 0 aromatic rings. The van der Waals surface area contributed by atoms with Crippen molar-refractivity contribution < 1.29 is 9.90 Å². The number of hydrogen-bond acceptors (Lipinski definition) is 2. The molecule has 0 aliphatic rings. The molecule has 0 atom stereocenters. The van der Waals surface area contributed by atoms with E-state index in [2.05, 4.69) is 11.9 Å². The molecule has 0 aliphatic heterocycles. The zero-order valence-corrected chi connectivity index (χ0v) is 7.05. The molecule has 0 rings (SSSR count). The van der Waals surface area contributed by atoms with E-state index in [1.54, 1.807) is 0 Å². The Morgan fingerprint density at radius 2 is 2.18 bits per heavy atom. The second kappa shape index (κ2) is 4.91. The van der Waals surface area contributed by atoms with Crippen molar-refractivity contribution in [2.75, 3.05) is 6.73 Å². The third-order valence-corrected chi connectivity index (χ3v) is 1.22. The van der Waals surface area contributed by atoms with Crippen LogP contribution in [0.3, 0.4) is 0 Å². The fourth-order valence-corrected chi connectivity index (χ4v) is 0.782. The van der Waals surface area contributed by atoms with Gasteiger partial charge in [0.05, 0.1) is 0 Å². The Morgan fingerprint density at radius 1 is 1.64 bits per heavy atom. The fourth-order valence-electron chi connectivity index (χ4n) is 0.782. The van der Waals surface area contributed by atoms with Crippen LogP contribution < -0.4 is 5.32 Å². The predicted octanol–water partition coefficient (Wildman–Crippen LogP) is 0.655. The molecule has 0 spiro atoms. The summed E-state index contributed by atoms with van der Waals surface area (Å²) < 4.78 is 0. The largest absolute Gasteiger partial charge is 0.376 e. The molecule has 1 amide bonds. The van der Waals surface area contributed by atoms with Gasteiger partial charge in [-0.05, 0) is 12.3 Å². The second-order valence-electron chi connectivity index (χ2n) is 2.87. The summed E-state index contributed by atoms with van der Waals surface area (Å²) >= 11 is 0. The highest BCUT2D eigenvalue weighted by molar-refractivity contribution is 5.92. The van der Waals surface area contributed by atoms with Gasteiger partial charge < -0.3 is 10.4 Å². The maximum absolute atomic E-state index is 10.9. The van der Waals surface area contributed by atoms with E-state index in [4.69, 9.17) is 5.11 Å². The van der Waals surface area contributed by atoms with Crippen molar-refractivity contribution in [3.05, 3.63) is 12.2 Å². The van der Waals surface area contributed by atoms with Crippen molar-refractivity contribution >= 4 is 5.91 Å². The van der Waals surface area contributed by atoms with Gasteiger partial charge in [0.15, 0.2) is 0 Å². The van der Waals surface area contributed by atoms with Crippen molar-refractivity contribution in [3.63, 3.8) is 0 Å². The van der Waals surface area contributed by atoms with E-state index in [9.17, 15) is 4.79 Å². The van der Waals surface area contributed by atoms with Gasteiger partial charge in [-0.3, -0.25) is 4.79 Å². The Morgan fingerprint density at radius 3 is 2.55 bits per heavy atom. The number of nitrogens with one attached hydrogen (secondary N) is 1. The van der Waals surface area contributed by atoms with E-state index < -0.39 is 0 Å². The van der Waals surface area contributed by atoms with Gasteiger partial charge in [0.1, 0.15) is 6.73 Å². The molecule has 0 heterocycles. The van der Waals surface area contributed by atoms with E-state index in [0.29, 0.717) is 17.9 Å². The normalized spacial score (nSPS) is 9.82. The smallest absolute Gasteiger partial charge is 0.248 e. The lowest BCUT2D eigenvalue weighted by atomic mass is 10.0. The van der Waals surface area contributed by atoms with Crippen LogP contribution in [-0.2, 0) is 4.79 Å². The first kappa shape index (κ1) is 10.2. The molecule has 0 aromatic carbocycles. The van der Waals surface area contributed by atoms with Gasteiger partial charge >= 0.3 is 0 Å². The number of aliphatic hydroxyl groups is 1. The highest BCUT2D eigenvalue weighted by Crippen LogP contribution is 2.07. The summed E-state index contributed by atoms with van der Waals surface area (Å²) in [5, 5.41) is 10.6. The van der Waals surface area contributed by atoms with E-state index in [1.807, 2.05) is 13.8 Å². The van der Waals surface area contributed by atoms with Crippen LogP contribution in [0.15, 0.2) is 12.2 Å². The highest BCUT2D eigenvalue weighted by Gasteiger charge is 2.06. The van der Waals surface area contributed by atoms with Gasteiger partial charge in [0.25, 0.3) is 0 Å². The average Bonchev–Trinajstić information content (AvgIpc) is 1.86. The lowest BCUT2D eigenvalue weighted by Gasteiger charge is -2.06. The maximum Gasteiger partial charge on any atom is 0.248 e. The first-order valence-electron chi connectivity index (χ1n) is 3.64.